The summed E-state index contributed by atoms with van der Waals surface area (Å²) < 4.78 is 0. The van der Waals surface area contributed by atoms with E-state index in [1.165, 1.54) is 25.7 Å². The van der Waals surface area contributed by atoms with Crippen LogP contribution in [0, 0.1) is 23.7 Å². The zero-order valence-electron chi connectivity index (χ0n) is 12.2. The fourth-order valence-electron chi connectivity index (χ4n) is 5.19. The molecule has 4 fully saturated rings. The third-order valence-electron chi connectivity index (χ3n) is 6.24. The second-order valence-electron chi connectivity index (χ2n) is 7.66. The summed E-state index contributed by atoms with van der Waals surface area (Å²) >= 11 is 0. The molecule has 18 heavy (non-hydrogen) atoms. The molecule has 4 saturated carbocycles. The average molecular weight is 248 g/mol. The molecule has 104 valence electrons. The van der Waals surface area contributed by atoms with E-state index in [2.05, 4.69) is 0 Å². The van der Waals surface area contributed by atoms with Crippen molar-refractivity contribution in [2.45, 2.75) is 89.9 Å². The Labute approximate surface area is 114 Å². The first-order valence-electron chi connectivity index (χ1n) is 8.90. The minimum absolute atomic E-state index is 1.15. The van der Waals surface area contributed by atoms with Crippen molar-refractivity contribution >= 4 is 0 Å². The molecule has 0 N–H and O–H groups in total. The van der Waals surface area contributed by atoms with E-state index in [9.17, 15) is 0 Å². The summed E-state index contributed by atoms with van der Waals surface area (Å²) in [6.45, 7) is 0. The summed E-state index contributed by atoms with van der Waals surface area (Å²) in [7, 11) is 0. The topological polar surface area (TPSA) is 0 Å². The van der Waals surface area contributed by atoms with Crippen LogP contribution in [0.2, 0.25) is 0 Å². The van der Waals surface area contributed by atoms with Gasteiger partial charge in [-0.3, -0.25) is 0 Å². The summed E-state index contributed by atoms with van der Waals surface area (Å²) in [5.41, 5.74) is 0. The first-order valence-corrected chi connectivity index (χ1v) is 8.90. The molecule has 4 bridgehead atoms. The van der Waals surface area contributed by atoms with Crippen LogP contribution in [-0.4, -0.2) is 0 Å². The van der Waals surface area contributed by atoms with Gasteiger partial charge in [0.2, 0.25) is 0 Å². The van der Waals surface area contributed by atoms with E-state index < -0.39 is 0 Å². The molecule has 0 aromatic carbocycles. The van der Waals surface area contributed by atoms with E-state index >= 15 is 0 Å². The normalized spacial score (nSPS) is 42.7. The van der Waals surface area contributed by atoms with Crippen LogP contribution in [-0.2, 0) is 0 Å². The Bertz CT molecular complexity index is 205. The predicted molar refractivity (Wildman–Crippen MR) is 78.6 cm³/mol. The Morgan fingerprint density at radius 2 is 0.667 bits per heavy atom. The van der Waals surface area contributed by atoms with Gasteiger partial charge in [-0.15, -0.1) is 0 Å². The molecule has 2 unspecified atom stereocenters. The maximum absolute atomic E-state index is 1.58. The van der Waals surface area contributed by atoms with Gasteiger partial charge in [-0.25, -0.2) is 0 Å². The van der Waals surface area contributed by atoms with E-state index in [0.717, 1.165) is 23.7 Å². The van der Waals surface area contributed by atoms with Crippen LogP contribution in [0.4, 0.5) is 0 Å². The second kappa shape index (κ2) is 6.44. The summed E-state index contributed by atoms with van der Waals surface area (Å²) in [6, 6.07) is 0. The van der Waals surface area contributed by atoms with E-state index in [1.54, 1.807) is 64.2 Å². The van der Waals surface area contributed by atoms with Crippen LogP contribution in [0.25, 0.3) is 0 Å². The molecular formula is C18H32. The fourth-order valence-corrected chi connectivity index (χ4v) is 5.19. The largest absolute Gasteiger partial charge is 0.0530 e. The van der Waals surface area contributed by atoms with Gasteiger partial charge in [0.15, 0.2) is 0 Å². The molecule has 0 heteroatoms. The van der Waals surface area contributed by atoms with Gasteiger partial charge in [-0.05, 0) is 36.5 Å². The van der Waals surface area contributed by atoms with Crippen LogP contribution in [0.5, 0.6) is 0 Å². The quantitative estimate of drug-likeness (QED) is 0.496. The first kappa shape index (κ1) is 13.0. The van der Waals surface area contributed by atoms with Crippen LogP contribution < -0.4 is 0 Å². The molecule has 0 heterocycles. The smallest absolute Gasteiger partial charge is 0.0412 e. The van der Waals surface area contributed by atoms with Crippen LogP contribution in [0.15, 0.2) is 0 Å². The van der Waals surface area contributed by atoms with Crippen molar-refractivity contribution in [3.8, 4) is 0 Å². The van der Waals surface area contributed by atoms with Crippen molar-refractivity contribution in [2.75, 3.05) is 0 Å². The highest BCUT2D eigenvalue weighted by Crippen LogP contribution is 2.40. The molecular weight excluding hydrogens is 216 g/mol. The number of hydrogen-bond acceptors (Lipinski definition) is 0. The lowest BCUT2D eigenvalue weighted by molar-refractivity contribution is 0.190. The zero-order valence-corrected chi connectivity index (χ0v) is 12.2. The van der Waals surface area contributed by atoms with Crippen molar-refractivity contribution in [3.63, 3.8) is 0 Å². The van der Waals surface area contributed by atoms with E-state index in [-0.39, 0.29) is 0 Å². The van der Waals surface area contributed by atoms with Crippen LogP contribution in [0.1, 0.15) is 89.9 Å². The Balaban J connectivity index is 0.000000111. The summed E-state index contributed by atoms with van der Waals surface area (Å²) in [6.07, 6.45) is 21.7. The lowest BCUT2D eigenvalue weighted by atomic mass is 9.72. The first-order chi connectivity index (χ1) is 8.90. The molecule has 0 aromatic rings. The minimum Gasteiger partial charge on any atom is -0.0530 e. The average Bonchev–Trinajstić information content (AvgIpc) is 2.68. The summed E-state index contributed by atoms with van der Waals surface area (Å²) in [4.78, 5) is 0. The summed E-state index contributed by atoms with van der Waals surface area (Å²) in [5.74, 6) is 4.60. The maximum Gasteiger partial charge on any atom is -0.0412 e. The molecule has 4 aliphatic rings. The lowest BCUT2D eigenvalue weighted by Gasteiger charge is -2.33. The van der Waals surface area contributed by atoms with Crippen LogP contribution >= 0.6 is 0 Å². The van der Waals surface area contributed by atoms with Gasteiger partial charge in [-0.1, -0.05) is 77.0 Å². The maximum atomic E-state index is 1.58. The Kier molecular flexibility index (Phi) is 4.65. The second-order valence-corrected chi connectivity index (χ2v) is 7.66. The fraction of sp³-hybridized carbons (Fsp3) is 1.00. The highest BCUT2D eigenvalue weighted by molar-refractivity contribution is 4.79. The third kappa shape index (κ3) is 3.52. The molecule has 2 atom stereocenters. The van der Waals surface area contributed by atoms with Gasteiger partial charge in [0.1, 0.15) is 0 Å². The van der Waals surface area contributed by atoms with E-state index in [4.69, 9.17) is 0 Å². The molecule has 0 radical (unpaired) electrons. The van der Waals surface area contributed by atoms with Crippen LogP contribution in [0.3, 0.4) is 0 Å². The highest BCUT2D eigenvalue weighted by atomic mass is 14.3. The SMILES string of the molecule is C1CC2CCCC(C1)C2.C1CCC2CCC(C1)C2. The van der Waals surface area contributed by atoms with Crippen molar-refractivity contribution < 1.29 is 0 Å². The molecule has 0 aromatic heterocycles. The Hall–Kier alpha value is 0. The molecule has 0 saturated heterocycles. The molecule has 0 amide bonds. The zero-order chi connectivity index (χ0) is 12.2. The summed E-state index contributed by atoms with van der Waals surface area (Å²) in [5, 5.41) is 0. The molecule has 4 rings (SSSR count). The Morgan fingerprint density at radius 1 is 0.333 bits per heavy atom. The lowest BCUT2D eigenvalue weighted by Crippen LogP contribution is -2.20. The molecule has 0 nitrogen and oxygen atoms in total. The van der Waals surface area contributed by atoms with Gasteiger partial charge < -0.3 is 0 Å². The predicted octanol–water partition coefficient (Wildman–Crippen LogP) is 5.95. The molecule has 0 aliphatic heterocycles. The van der Waals surface area contributed by atoms with E-state index in [0.29, 0.717) is 0 Å². The van der Waals surface area contributed by atoms with Gasteiger partial charge in [0, 0.05) is 0 Å². The number of rotatable bonds is 0. The van der Waals surface area contributed by atoms with Crippen molar-refractivity contribution in [1.29, 1.82) is 0 Å². The minimum atomic E-state index is 1.15. The molecule has 4 aliphatic carbocycles. The monoisotopic (exact) mass is 248 g/mol. The third-order valence-corrected chi connectivity index (χ3v) is 6.24. The van der Waals surface area contributed by atoms with Crippen molar-refractivity contribution in [2.24, 2.45) is 23.7 Å². The van der Waals surface area contributed by atoms with Crippen molar-refractivity contribution in [3.05, 3.63) is 0 Å². The van der Waals surface area contributed by atoms with Gasteiger partial charge in [0.25, 0.3) is 0 Å². The number of fused-ring (bicyclic) bond motifs is 4. The highest BCUT2D eigenvalue weighted by Gasteiger charge is 2.26. The van der Waals surface area contributed by atoms with Gasteiger partial charge in [0.05, 0.1) is 0 Å². The van der Waals surface area contributed by atoms with Gasteiger partial charge in [-0.2, -0.15) is 0 Å². The number of hydrogen-bond donors (Lipinski definition) is 0. The standard InChI is InChI=1S/2C9H16/c1-3-8-5-2-6-9(4-1)7-8;1-2-4-9-6-5-8(3-1)7-9/h2*8-9H,1-7H2. The van der Waals surface area contributed by atoms with E-state index in [1.807, 2.05) is 0 Å². The molecule has 0 spiro atoms. The Morgan fingerprint density at radius 3 is 1.11 bits per heavy atom. The van der Waals surface area contributed by atoms with Gasteiger partial charge >= 0.3 is 0 Å². The van der Waals surface area contributed by atoms with Crippen molar-refractivity contribution in [1.82, 2.24) is 0 Å².